The molecule has 0 saturated heterocycles. The highest BCUT2D eigenvalue weighted by Gasteiger charge is 2.33. The van der Waals surface area contributed by atoms with Crippen LogP contribution in [0.15, 0.2) is 39.2 Å². The number of oxazole rings is 1. The largest absolute Gasteiger partial charge is 0.496 e. The van der Waals surface area contributed by atoms with Gasteiger partial charge in [-0.2, -0.15) is 0 Å². The van der Waals surface area contributed by atoms with Crippen LogP contribution in [-0.4, -0.2) is 53.3 Å². The third-order valence-electron chi connectivity index (χ3n) is 6.49. The van der Waals surface area contributed by atoms with E-state index in [4.69, 9.17) is 28.3 Å². The molecule has 1 aromatic heterocycles. The van der Waals surface area contributed by atoms with Crippen LogP contribution >= 0.6 is 15.9 Å². The molecule has 0 radical (unpaired) electrons. The van der Waals surface area contributed by atoms with Gasteiger partial charge in [0, 0.05) is 18.7 Å². The molecule has 3 rings (SSSR count). The van der Waals surface area contributed by atoms with Gasteiger partial charge in [-0.05, 0) is 113 Å². The Hall–Kier alpha value is -3.37. The first-order valence-corrected chi connectivity index (χ1v) is 15.0. The number of esters is 2. The predicted octanol–water partition coefficient (Wildman–Crippen LogP) is 7.10. The van der Waals surface area contributed by atoms with Crippen LogP contribution in [-0.2, 0) is 32.2 Å². The van der Waals surface area contributed by atoms with Crippen molar-refractivity contribution in [1.29, 1.82) is 0 Å². The van der Waals surface area contributed by atoms with E-state index in [1.165, 1.54) is 0 Å². The first-order valence-electron chi connectivity index (χ1n) is 14.2. The molecule has 0 saturated carbocycles. The number of methoxy groups -OCH3 is 1. The van der Waals surface area contributed by atoms with Crippen molar-refractivity contribution in [3.05, 3.63) is 62.9 Å². The fourth-order valence-electron chi connectivity index (χ4n) is 4.59. The number of aryl methyl sites for hydroxylation is 3. The summed E-state index contributed by atoms with van der Waals surface area (Å²) in [7, 11) is 1.61. The van der Waals surface area contributed by atoms with Gasteiger partial charge in [-0.25, -0.2) is 9.78 Å². The van der Waals surface area contributed by atoms with E-state index < -0.39 is 17.2 Å². The molecule has 0 unspecified atom stereocenters. The molecule has 0 atom stereocenters. The van der Waals surface area contributed by atoms with E-state index in [1.54, 1.807) is 27.9 Å². The number of carbonyl (C=O) groups is 2. The summed E-state index contributed by atoms with van der Waals surface area (Å²) in [5.74, 6) is 1.72. The van der Waals surface area contributed by atoms with Gasteiger partial charge in [0.15, 0.2) is 5.60 Å². The zero-order valence-corrected chi connectivity index (χ0v) is 28.4. The maximum absolute atomic E-state index is 12.9. The van der Waals surface area contributed by atoms with E-state index >= 15 is 0 Å². The van der Waals surface area contributed by atoms with E-state index in [9.17, 15) is 9.59 Å². The van der Waals surface area contributed by atoms with Gasteiger partial charge in [-0.15, -0.1) is 0 Å². The van der Waals surface area contributed by atoms with E-state index in [2.05, 4.69) is 15.9 Å². The lowest BCUT2D eigenvalue weighted by atomic mass is 10.0. The summed E-state index contributed by atoms with van der Waals surface area (Å²) in [6.07, 6.45) is 0. The Morgan fingerprint density at radius 1 is 1.00 bits per heavy atom. The SMILES string of the molecule is CCOC(=O)C(C)(C)Oc1c(C)cc(CN(CC(=O)OC(C)(C)C)Cc2nc(-c3ccc(OC)c(Br)c3)oc2C)cc1C. The standard InChI is InChI=1S/C33H43BrN2O7/c1-11-40-31(38)33(8,9)43-29-20(2)14-23(15-21(29)3)17-36(19-28(37)42-32(5,6)7)18-26-22(4)41-30(35-26)24-12-13-27(39-10)25(34)16-24/h12-16H,11,17-19H2,1-10H3. The molecule has 0 fully saturated rings. The van der Waals surface area contributed by atoms with Crippen molar-refractivity contribution in [2.45, 2.75) is 86.6 Å². The third kappa shape index (κ3) is 9.31. The molecule has 1 heterocycles. The molecule has 3 aromatic rings. The third-order valence-corrected chi connectivity index (χ3v) is 7.11. The average molecular weight is 660 g/mol. The maximum Gasteiger partial charge on any atom is 0.349 e. The van der Waals surface area contributed by atoms with E-state index in [1.807, 2.05) is 76.8 Å². The number of halogens is 1. The molecular weight excluding hydrogens is 616 g/mol. The van der Waals surface area contributed by atoms with Crippen LogP contribution in [0.1, 0.15) is 69.7 Å². The lowest BCUT2D eigenvalue weighted by Gasteiger charge is -2.27. The van der Waals surface area contributed by atoms with Gasteiger partial charge in [0.25, 0.3) is 0 Å². The van der Waals surface area contributed by atoms with Gasteiger partial charge < -0.3 is 23.4 Å². The zero-order valence-electron chi connectivity index (χ0n) is 26.8. The van der Waals surface area contributed by atoms with Gasteiger partial charge >= 0.3 is 11.9 Å². The first kappa shape index (κ1) is 34.1. The Morgan fingerprint density at radius 3 is 2.21 bits per heavy atom. The molecule has 43 heavy (non-hydrogen) atoms. The number of aromatic nitrogens is 1. The molecule has 10 heteroatoms. The van der Waals surface area contributed by atoms with E-state index in [0.29, 0.717) is 36.2 Å². The van der Waals surface area contributed by atoms with E-state index in [-0.39, 0.29) is 19.1 Å². The lowest BCUT2D eigenvalue weighted by molar-refractivity contribution is -0.159. The molecule has 0 aliphatic heterocycles. The molecule has 0 aliphatic rings. The molecular formula is C33H43BrN2O7. The minimum atomic E-state index is -1.14. The highest BCUT2D eigenvalue weighted by molar-refractivity contribution is 9.10. The molecule has 0 spiro atoms. The second kappa shape index (κ2) is 13.9. The van der Waals surface area contributed by atoms with Crippen molar-refractivity contribution in [3.8, 4) is 23.0 Å². The fourth-order valence-corrected chi connectivity index (χ4v) is 5.13. The van der Waals surface area contributed by atoms with Crippen molar-refractivity contribution < 1.29 is 33.0 Å². The van der Waals surface area contributed by atoms with Crippen LogP contribution in [0.2, 0.25) is 0 Å². The monoisotopic (exact) mass is 658 g/mol. The smallest absolute Gasteiger partial charge is 0.349 e. The summed E-state index contributed by atoms with van der Waals surface area (Å²) in [4.78, 5) is 32.1. The van der Waals surface area contributed by atoms with Gasteiger partial charge in [-0.1, -0.05) is 12.1 Å². The molecule has 0 aliphatic carbocycles. The molecule has 0 amide bonds. The predicted molar refractivity (Wildman–Crippen MR) is 168 cm³/mol. The maximum atomic E-state index is 12.9. The Morgan fingerprint density at radius 2 is 1.65 bits per heavy atom. The number of hydrogen-bond donors (Lipinski definition) is 0. The van der Waals surface area contributed by atoms with Crippen molar-refractivity contribution >= 4 is 27.9 Å². The van der Waals surface area contributed by atoms with Gasteiger partial charge in [0.1, 0.15) is 22.9 Å². The van der Waals surface area contributed by atoms with Crippen LogP contribution in [0, 0.1) is 20.8 Å². The summed E-state index contributed by atoms with van der Waals surface area (Å²) in [6.45, 7) is 17.6. The lowest BCUT2D eigenvalue weighted by Crippen LogP contribution is -2.40. The quantitative estimate of drug-likeness (QED) is 0.189. The van der Waals surface area contributed by atoms with Gasteiger partial charge in [0.05, 0.1) is 30.4 Å². The number of hydrogen-bond acceptors (Lipinski definition) is 9. The average Bonchev–Trinajstić information content (AvgIpc) is 3.25. The molecule has 234 valence electrons. The normalized spacial score (nSPS) is 11.9. The van der Waals surface area contributed by atoms with Crippen molar-refractivity contribution in [2.24, 2.45) is 0 Å². The first-order chi connectivity index (χ1) is 20.0. The Balaban J connectivity index is 1.89. The number of benzene rings is 2. The second-order valence-corrected chi connectivity index (χ2v) is 12.8. The highest BCUT2D eigenvalue weighted by Crippen LogP contribution is 2.32. The van der Waals surface area contributed by atoms with Crippen LogP contribution in [0.4, 0.5) is 0 Å². The summed E-state index contributed by atoms with van der Waals surface area (Å²) >= 11 is 3.52. The summed E-state index contributed by atoms with van der Waals surface area (Å²) in [5.41, 5.74) is 2.48. The van der Waals surface area contributed by atoms with Crippen molar-refractivity contribution in [2.75, 3.05) is 20.3 Å². The van der Waals surface area contributed by atoms with Crippen molar-refractivity contribution in [3.63, 3.8) is 0 Å². The fraction of sp³-hybridized carbons (Fsp3) is 0.485. The van der Waals surface area contributed by atoms with Crippen molar-refractivity contribution in [1.82, 2.24) is 9.88 Å². The number of nitrogens with zero attached hydrogens (tertiary/aromatic N) is 2. The number of rotatable bonds is 12. The topological polar surface area (TPSA) is 100 Å². The summed E-state index contributed by atoms with van der Waals surface area (Å²) in [5, 5.41) is 0. The van der Waals surface area contributed by atoms with Gasteiger partial charge in [-0.3, -0.25) is 9.69 Å². The Bertz CT molecular complexity index is 1430. The summed E-state index contributed by atoms with van der Waals surface area (Å²) < 4.78 is 29.1. The molecule has 9 nitrogen and oxygen atoms in total. The second-order valence-electron chi connectivity index (χ2n) is 12.0. The molecule has 0 N–H and O–H groups in total. The minimum Gasteiger partial charge on any atom is -0.496 e. The highest BCUT2D eigenvalue weighted by atomic mass is 79.9. The van der Waals surface area contributed by atoms with Gasteiger partial charge in [0.2, 0.25) is 5.89 Å². The molecule has 0 bridgehead atoms. The Labute approximate surface area is 263 Å². The van der Waals surface area contributed by atoms with Crippen LogP contribution in [0.25, 0.3) is 11.5 Å². The molecule has 2 aromatic carbocycles. The summed E-state index contributed by atoms with van der Waals surface area (Å²) in [6, 6.07) is 9.63. The van der Waals surface area contributed by atoms with Crippen LogP contribution < -0.4 is 9.47 Å². The van der Waals surface area contributed by atoms with Crippen LogP contribution in [0.3, 0.4) is 0 Å². The zero-order chi connectivity index (χ0) is 32.1. The Kier molecular flexibility index (Phi) is 11.1. The van der Waals surface area contributed by atoms with E-state index in [0.717, 1.165) is 32.4 Å². The number of carbonyl (C=O) groups excluding carboxylic acids is 2. The number of ether oxygens (including phenoxy) is 4. The minimum absolute atomic E-state index is 0.0548. The van der Waals surface area contributed by atoms with Crippen LogP contribution in [0.5, 0.6) is 11.5 Å².